The van der Waals surface area contributed by atoms with Gasteiger partial charge in [-0.05, 0) is 40.8 Å². The van der Waals surface area contributed by atoms with Crippen LogP contribution in [0, 0.1) is 0 Å². The summed E-state index contributed by atoms with van der Waals surface area (Å²) in [7, 11) is 1.57. The molecule has 1 atom stereocenters. The molecule has 1 unspecified atom stereocenters. The molecule has 35 heavy (non-hydrogen) atoms. The summed E-state index contributed by atoms with van der Waals surface area (Å²) < 4.78 is 5.21. The van der Waals surface area contributed by atoms with Gasteiger partial charge in [-0.2, -0.15) is 0 Å². The van der Waals surface area contributed by atoms with Crippen LogP contribution < -0.4 is 10.1 Å². The van der Waals surface area contributed by atoms with Crippen molar-refractivity contribution in [1.29, 1.82) is 0 Å². The lowest BCUT2D eigenvalue weighted by Crippen LogP contribution is -2.46. The zero-order valence-electron chi connectivity index (χ0n) is 21.0. The highest BCUT2D eigenvalue weighted by Gasteiger charge is 2.46. The van der Waals surface area contributed by atoms with E-state index in [0.29, 0.717) is 24.4 Å². The van der Waals surface area contributed by atoms with Gasteiger partial charge in [0.15, 0.2) is 0 Å². The van der Waals surface area contributed by atoms with Crippen LogP contribution in [0.15, 0.2) is 54.1 Å². The fourth-order valence-electron chi connectivity index (χ4n) is 4.71. The van der Waals surface area contributed by atoms with E-state index in [2.05, 4.69) is 31.0 Å². The molecule has 0 aromatic heterocycles. The Bertz CT molecular complexity index is 1090. The van der Waals surface area contributed by atoms with E-state index in [1.54, 1.807) is 36.3 Å². The minimum atomic E-state index is -0.650. The lowest BCUT2D eigenvalue weighted by atomic mass is 9.85. The Kier molecular flexibility index (Phi) is 7.28. The van der Waals surface area contributed by atoms with Crippen molar-refractivity contribution in [2.75, 3.05) is 46.4 Å². The zero-order valence-corrected chi connectivity index (χ0v) is 21.0. The molecule has 2 saturated heterocycles. The average Bonchev–Trinajstić information content (AvgIpc) is 3.12. The molecule has 0 saturated carbocycles. The molecule has 2 aromatic rings. The molecule has 1 amide bonds. The van der Waals surface area contributed by atoms with Gasteiger partial charge in [-0.3, -0.25) is 14.5 Å². The first kappa shape index (κ1) is 24.9. The van der Waals surface area contributed by atoms with Crippen molar-refractivity contribution in [3.63, 3.8) is 0 Å². The molecule has 0 radical (unpaired) electrons. The van der Waals surface area contributed by atoms with Crippen LogP contribution in [0.5, 0.6) is 5.75 Å². The van der Waals surface area contributed by atoms with Crippen LogP contribution in [0.1, 0.15) is 43.5 Å². The van der Waals surface area contributed by atoms with E-state index in [4.69, 9.17) is 4.74 Å². The van der Waals surface area contributed by atoms with Gasteiger partial charge < -0.3 is 20.1 Å². The van der Waals surface area contributed by atoms with Crippen molar-refractivity contribution >= 4 is 17.4 Å². The number of methoxy groups -OCH3 is 1. The molecular weight excluding hydrogens is 442 g/mol. The Morgan fingerprint density at radius 2 is 1.63 bits per heavy atom. The summed E-state index contributed by atoms with van der Waals surface area (Å²) in [6, 6.07) is 14.2. The molecule has 2 aromatic carbocycles. The molecule has 0 aliphatic carbocycles. The lowest BCUT2D eigenvalue weighted by molar-refractivity contribution is -0.140. The zero-order chi connectivity index (χ0) is 25.2. The minimum absolute atomic E-state index is 0.0221. The Hall–Kier alpha value is -3.16. The van der Waals surface area contributed by atoms with E-state index in [1.165, 1.54) is 0 Å². The third kappa shape index (κ3) is 5.26. The van der Waals surface area contributed by atoms with Gasteiger partial charge in [0.2, 0.25) is 0 Å². The summed E-state index contributed by atoms with van der Waals surface area (Å²) >= 11 is 0. The van der Waals surface area contributed by atoms with Crippen LogP contribution in [-0.4, -0.2) is 73.0 Å². The molecule has 7 nitrogen and oxygen atoms in total. The molecule has 2 aliphatic rings. The number of benzene rings is 2. The quantitative estimate of drug-likeness (QED) is 0.377. The fourth-order valence-corrected chi connectivity index (χ4v) is 4.71. The second kappa shape index (κ2) is 10.2. The number of amides is 1. The number of likely N-dealkylation sites (tertiary alicyclic amines) is 1. The number of nitrogens with zero attached hydrogens (tertiary/aromatic N) is 2. The smallest absolute Gasteiger partial charge is 0.295 e. The summed E-state index contributed by atoms with van der Waals surface area (Å²) in [4.78, 5) is 30.4. The number of hydrogen-bond acceptors (Lipinski definition) is 6. The Labute approximate surface area is 207 Å². The summed E-state index contributed by atoms with van der Waals surface area (Å²) in [6.07, 6.45) is 0. The number of Topliss-reactive ketones (excluding diaryl/α,β-unsaturated/α-hetero) is 1. The SMILES string of the molecule is COc1ccc(/C(O)=C2/C(=O)C(=O)N(CCN3CCNCC3)C2c2ccc(C(C)(C)C)cc2)cc1. The van der Waals surface area contributed by atoms with E-state index in [9.17, 15) is 14.7 Å². The molecule has 7 heteroatoms. The Morgan fingerprint density at radius 1 is 1.00 bits per heavy atom. The van der Waals surface area contributed by atoms with Crippen molar-refractivity contribution in [1.82, 2.24) is 15.1 Å². The normalized spacial score (nSPS) is 20.9. The topological polar surface area (TPSA) is 82.1 Å². The van der Waals surface area contributed by atoms with E-state index in [-0.39, 0.29) is 16.7 Å². The summed E-state index contributed by atoms with van der Waals surface area (Å²) in [6.45, 7) is 11.1. The highest BCUT2D eigenvalue weighted by molar-refractivity contribution is 6.46. The van der Waals surface area contributed by atoms with Gasteiger partial charge in [-0.25, -0.2) is 0 Å². The highest BCUT2D eigenvalue weighted by atomic mass is 16.5. The van der Waals surface area contributed by atoms with Crippen molar-refractivity contribution < 1.29 is 19.4 Å². The maximum atomic E-state index is 13.3. The number of ketones is 1. The van der Waals surface area contributed by atoms with Gasteiger partial charge in [0.25, 0.3) is 11.7 Å². The van der Waals surface area contributed by atoms with Crippen molar-refractivity contribution in [2.45, 2.75) is 32.2 Å². The number of rotatable bonds is 6. The molecule has 2 aliphatic heterocycles. The molecule has 0 spiro atoms. The molecule has 2 heterocycles. The molecule has 186 valence electrons. The first-order chi connectivity index (χ1) is 16.7. The van der Waals surface area contributed by atoms with Gasteiger partial charge >= 0.3 is 0 Å². The second-order valence-corrected chi connectivity index (χ2v) is 10.2. The maximum absolute atomic E-state index is 13.3. The first-order valence-corrected chi connectivity index (χ1v) is 12.2. The third-order valence-corrected chi connectivity index (χ3v) is 6.86. The second-order valence-electron chi connectivity index (χ2n) is 10.2. The minimum Gasteiger partial charge on any atom is -0.507 e. The highest BCUT2D eigenvalue weighted by Crippen LogP contribution is 2.40. The number of carbonyl (C=O) groups is 2. The Balaban J connectivity index is 1.74. The predicted molar refractivity (Wildman–Crippen MR) is 136 cm³/mol. The third-order valence-electron chi connectivity index (χ3n) is 6.86. The van der Waals surface area contributed by atoms with Crippen LogP contribution in [-0.2, 0) is 15.0 Å². The van der Waals surface area contributed by atoms with Gasteiger partial charge in [0.05, 0.1) is 18.7 Å². The van der Waals surface area contributed by atoms with E-state index < -0.39 is 17.7 Å². The monoisotopic (exact) mass is 477 g/mol. The van der Waals surface area contributed by atoms with Crippen LogP contribution in [0.3, 0.4) is 0 Å². The molecular formula is C28H35N3O4. The van der Waals surface area contributed by atoms with Gasteiger partial charge in [0.1, 0.15) is 11.5 Å². The summed E-state index contributed by atoms with van der Waals surface area (Å²) in [5, 5.41) is 14.6. The molecule has 2 fully saturated rings. The molecule has 0 bridgehead atoms. The Morgan fingerprint density at radius 3 is 2.20 bits per heavy atom. The number of ether oxygens (including phenoxy) is 1. The van der Waals surface area contributed by atoms with Crippen LogP contribution in [0.4, 0.5) is 0 Å². The fraction of sp³-hybridized carbons (Fsp3) is 0.429. The van der Waals surface area contributed by atoms with E-state index in [1.807, 2.05) is 24.3 Å². The maximum Gasteiger partial charge on any atom is 0.295 e. The summed E-state index contributed by atoms with van der Waals surface area (Å²) in [5.74, 6) is -0.739. The summed E-state index contributed by atoms with van der Waals surface area (Å²) in [5.41, 5.74) is 2.55. The number of aliphatic hydroxyl groups is 1. The number of hydrogen-bond donors (Lipinski definition) is 2. The van der Waals surface area contributed by atoms with Crippen LogP contribution in [0.25, 0.3) is 5.76 Å². The molecule has 4 rings (SSSR count). The first-order valence-electron chi connectivity index (χ1n) is 12.2. The number of piperazine rings is 1. The average molecular weight is 478 g/mol. The standard InChI is InChI=1S/C28H35N3O4/c1-28(2,3)21-9-5-19(6-10-21)24-23(25(32)20-7-11-22(35-4)12-8-20)26(33)27(34)31(24)18-17-30-15-13-29-14-16-30/h5-12,24,29,32H,13-18H2,1-4H3/b25-23-. The number of carbonyl (C=O) groups excluding carboxylic acids is 2. The van der Waals surface area contributed by atoms with Crippen molar-refractivity contribution in [3.05, 3.63) is 70.8 Å². The van der Waals surface area contributed by atoms with Crippen LogP contribution in [0.2, 0.25) is 0 Å². The van der Waals surface area contributed by atoms with E-state index in [0.717, 1.165) is 37.3 Å². The van der Waals surface area contributed by atoms with Crippen molar-refractivity contribution in [2.24, 2.45) is 0 Å². The van der Waals surface area contributed by atoms with Gasteiger partial charge in [-0.1, -0.05) is 45.0 Å². The van der Waals surface area contributed by atoms with Gasteiger partial charge in [0, 0.05) is 44.8 Å². The number of nitrogens with one attached hydrogen (secondary N) is 1. The predicted octanol–water partition coefficient (Wildman–Crippen LogP) is 3.32. The number of aliphatic hydroxyl groups excluding tert-OH is 1. The molecule has 2 N–H and O–H groups in total. The lowest BCUT2D eigenvalue weighted by Gasteiger charge is -2.31. The van der Waals surface area contributed by atoms with Crippen molar-refractivity contribution in [3.8, 4) is 5.75 Å². The largest absolute Gasteiger partial charge is 0.507 e. The van der Waals surface area contributed by atoms with Gasteiger partial charge in [-0.15, -0.1) is 0 Å². The van der Waals surface area contributed by atoms with Crippen LogP contribution >= 0.6 is 0 Å². The van der Waals surface area contributed by atoms with E-state index >= 15 is 0 Å².